The first-order valence-electron chi connectivity index (χ1n) is 7.73. The summed E-state index contributed by atoms with van der Waals surface area (Å²) in [6.07, 6.45) is 0. The smallest absolute Gasteiger partial charge is 0.370 e. The third-order valence-electron chi connectivity index (χ3n) is 3.11. The maximum Gasteiger partial charge on any atom is 0.370 e. The van der Waals surface area contributed by atoms with Crippen LogP contribution in [-0.4, -0.2) is 44.7 Å². The van der Waals surface area contributed by atoms with Gasteiger partial charge >= 0.3 is 6.03 Å². The van der Waals surface area contributed by atoms with Gasteiger partial charge in [0.1, 0.15) is 11.6 Å². The van der Waals surface area contributed by atoms with Crippen molar-refractivity contribution in [1.29, 1.82) is 0 Å². The molecule has 2 rings (SSSR count). The van der Waals surface area contributed by atoms with Gasteiger partial charge in [0.25, 0.3) is 10.9 Å². The summed E-state index contributed by atoms with van der Waals surface area (Å²) in [6.45, 7) is 2.10. The van der Waals surface area contributed by atoms with Crippen molar-refractivity contribution in [2.24, 2.45) is 0 Å². The monoisotopic (exact) mass is 397 g/mol. The van der Waals surface area contributed by atoms with Gasteiger partial charge in [-0.2, -0.15) is 4.98 Å². The number of carbonyl (C=O) groups is 1. The van der Waals surface area contributed by atoms with E-state index in [0.717, 1.165) is 0 Å². The van der Waals surface area contributed by atoms with E-state index in [1.54, 1.807) is 25.1 Å². The van der Waals surface area contributed by atoms with E-state index >= 15 is 0 Å². The topological polar surface area (TPSA) is 116 Å². The number of pyridine rings is 1. The van der Waals surface area contributed by atoms with Crippen LogP contribution in [0.2, 0.25) is 0 Å². The standard InChI is InChI=1S/C16H19N3O7S/c1-4-25-12-7-5-6-8-13(12)26-19(27(21)22)16(20)18-14-9-11(23-2)10-15(17-14)24-3/h5-10,27H,4H2,1-3H3,(H,17,18,20). The van der Waals surface area contributed by atoms with Gasteiger partial charge in [-0.25, -0.2) is 13.2 Å². The number of hydrogen-bond donors (Lipinski definition) is 2. The zero-order valence-electron chi connectivity index (χ0n) is 14.9. The average Bonchev–Trinajstić information content (AvgIpc) is 2.66. The number of carbonyl (C=O) groups excluding carboxylic acids is 1. The Kier molecular flexibility index (Phi) is 7.06. The van der Waals surface area contributed by atoms with Crippen molar-refractivity contribution in [1.82, 2.24) is 9.45 Å². The molecule has 0 aliphatic carbocycles. The lowest BCUT2D eigenvalue weighted by Gasteiger charge is -2.18. The molecule has 2 aromatic rings. The van der Waals surface area contributed by atoms with Crippen molar-refractivity contribution in [2.75, 3.05) is 26.1 Å². The molecule has 0 unspecified atom stereocenters. The number of hydrogen-bond acceptors (Lipinski definition) is 8. The van der Waals surface area contributed by atoms with Gasteiger partial charge in [-0.1, -0.05) is 12.1 Å². The second-order valence-electron chi connectivity index (χ2n) is 4.85. The minimum atomic E-state index is -3.41. The Morgan fingerprint density at radius 2 is 1.85 bits per heavy atom. The van der Waals surface area contributed by atoms with E-state index in [9.17, 15) is 13.2 Å². The van der Waals surface area contributed by atoms with Crippen LogP contribution in [0.15, 0.2) is 36.4 Å². The second-order valence-corrected chi connectivity index (χ2v) is 5.69. The molecule has 0 aliphatic heterocycles. The van der Waals surface area contributed by atoms with Crippen molar-refractivity contribution in [3.05, 3.63) is 36.4 Å². The average molecular weight is 397 g/mol. The van der Waals surface area contributed by atoms with Crippen molar-refractivity contribution in [3.8, 4) is 23.1 Å². The summed E-state index contributed by atoms with van der Waals surface area (Å²) in [4.78, 5) is 21.6. The summed E-state index contributed by atoms with van der Waals surface area (Å²) in [6, 6.07) is 8.16. The molecule has 10 nitrogen and oxygen atoms in total. The first kappa shape index (κ1) is 20.1. The van der Waals surface area contributed by atoms with Crippen molar-refractivity contribution in [2.45, 2.75) is 6.92 Å². The van der Waals surface area contributed by atoms with Gasteiger partial charge < -0.3 is 19.0 Å². The Hall–Kier alpha value is -3.21. The zero-order chi connectivity index (χ0) is 19.8. The number of rotatable bonds is 8. The molecule has 0 fully saturated rings. The highest BCUT2D eigenvalue weighted by molar-refractivity contribution is 7.70. The molecular weight excluding hydrogens is 378 g/mol. The number of methoxy groups -OCH3 is 2. The van der Waals surface area contributed by atoms with Gasteiger partial charge in [0.2, 0.25) is 5.88 Å². The quantitative estimate of drug-likeness (QED) is 0.512. The lowest BCUT2D eigenvalue weighted by molar-refractivity contribution is 0.0763. The summed E-state index contributed by atoms with van der Waals surface area (Å²) in [5.41, 5.74) is 0. The van der Waals surface area contributed by atoms with Crippen LogP contribution in [0.4, 0.5) is 10.6 Å². The molecular formula is C16H19N3O7S. The molecule has 0 bridgehead atoms. The molecule has 1 heterocycles. The minimum Gasteiger partial charge on any atom is -0.496 e. The lowest BCUT2D eigenvalue weighted by Crippen LogP contribution is -2.36. The van der Waals surface area contributed by atoms with Crippen LogP contribution in [0.1, 0.15) is 6.92 Å². The zero-order valence-corrected chi connectivity index (χ0v) is 15.8. The van der Waals surface area contributed by atoms with E-state index in [1.807, 2.05) is 0 Å². The summed E-state index contributed by atoms with van der Waals surface area (Å²) in [5, 5.41) is 2.31. The fourth-order valence-electron chi connectivity index (χ4n) is 1.97. The number of thiol groups is 1. The Morgan fingerprint density at radius 1 is 1.15 bits per heavy atom. The molecule has 0 spiro atoms. The molecule has 0 aliphatic rings. The number of aromatic nitrogens is 1. The molecule has 1 aromatic heterocycles. The number of ether oxygens (including phenoxy) is 3. The van der Waals surface area contributed by atoms with Gasteiger partial charge in [0, 0.05) is 12.1 Å². The normalized spacial score (nSPS) is 10.2. The van der Waals surface area contributed by atoms with Crippen LogP contribution in [0.3, 0.4) is 0 Å². The van der Waals surface area contributed by atoms with E-state index in [2.05, 4.69) is 10.3 Å². The van der Waals surface area contributed by atoms with Gasteiger partial charge in [-0.05, 0) is 23.5 Å². The minimum absolute atomic E-state index is 0.0137. The molecule has 0 atom stereocenters. The van der Waals surface area contributed by atoms with Crippen LogP contribution in [0, 0.1) is 0 Å². The van der Waals surface area contributed by atoms with Crippen LogP contribution in [0.25, 0.3) is 0 Å². The number of nitrogens with zero attached hydrogens (tertiary/aromatic N) is 2. The number of para-hydroxylation sites is 2. The summed E-state index contributed by atoms with van der Waals surface area (Å²) in [7, 11) is -0.598. The van der Waals surface area contributed by atoms with Crippen LogP contribution in [0.5, 0.6) is 23.1 Å². The molecule has 0 saturated carbocycles. The molecule has 1 N–H and O–H groups in total. The predicted octanol–water partition coefficient (Wildman–Crippen LogP) is 1.85. The fraction of sp³-hybridized carbons (Fsp3) is 0.250. The molecule has 27 heavy (non-hydrogen) atoms. The summed E-state index contributed by atoms with van der Waals surface area (Å²) < 4.78 is 38.6. The van der Waals surface area contributed by atoms with Gasteiger partial charge in [-0.3, -0.25) is 5.32 Å². The van der Waals surface area contributed by atoms with Crippen LogP contribution < -0.4 is 24.4 Å². The Morgan fingerprint density at radius 3 is 2.44 bits per heavy atom. The molecule has 11 heteroatoms. The molecule has 146 valence electrons. The Balaban J connectivity index is 2.24. The SMILES string of the molecule is CCOc1ccccc1ON(C(=O)Nc1cc(OC)cc(OC)n1)[SH](=O)=O. The largest absolute Gasteiger partial charge is 0.496 e. The Labute approximate surface area is 157 Å². The molecule has 1 aromatic carbocycles. The molecule has 0 radical (unpaired) electrons. The second kappa shape index (κ2) is 9.48. The summed E-state index contributed by atoms with van der Waals surface area (Å²) in [5.74, 6) is 0.892. The third kappa shape index (κ3) is 5.38. The maximum absolute atomic E-state index is 12.4. The van der Waals surface area contributed by atoms with E-state index < -0.39 is 16.9 Å². The van der Waals surface area contributed by atoms with Crippen molar-refractivity contribution >= 4 is 22.7 Å². The first-order valence-corrected chi connectivity index (χ1v) is 8.86. The number of hydroxylamine groups is 1. The van der Waals surface area contributed by atoms with Crippen LogP contribution in [-0.2, 0) is 10.9 Å². The number of nitrogens with one attached hydrogen (secondary N) is 1. The Bertz CT molecular complexity index is 843. The van der Waals surface area contributed by atoms with E-state index in [0.29, 0.717) is 12.4 Å². The van der Waals surface area contributed by atoms with Crippen molar-refractivity contribution in [3.63, 3.8) is 0 Å². The number of anilines is 1. The number of urea groups is 1. The number of benzene rings is 1. The molecule has 2 amide bonds. The van der Waals surface area contributed by atoms with Crippen molar-refractivity contribution < 1.29 is 32.3 Å². The van der Waals surface area contributed by atoms with Gasteiger partial charge in [0.15, 0.2) is 11.5 Å². The van der Waals surface area contributed by atoms with Gasteiger partial charge in [0.05, 0.1) is 20.8 Å². The van der Waals surface area contributed by atoms with Crippen LogP contribution >= 0.6 is 0 Å². The highest BCUT2D eigenvalue weighted by Crippen LogP contribution is 2.27. The maximum atomic E-state index is 12.4. The highest BCUT2D eigenvalue weighted by atomic mass is 32.2. The van der Waals surface area contributed by atoms with E-state index in [4.69, 9.17) is 19.0 Å². The van der Waals surface area contributed by atoms with E-state index in [-0.39, 0.29) is 27.7 Å². The third-order valence-corrected chi connectivity index (χ3v) is 3.67. The first-order chi connectivity index (χ1) is 13.0. The number of amides is 2. The van der Waals surface area contributed by atoms with E-state index in [1.165, 1.54) is 32.4 Å². The van der Waals surface area contributed by atoms with Gasteiger partial charge in [-0.15, -0.1) is 0 Å². The predicted molar refractivity (Wildman–Crippen MR) is 96.8 cm³/mol. The highest BCUT2D eigenvalue weighted by Gasteiger charge is 2.21. The fourth-order valence-corrected chi connectivity index (χ4v) is 2.32. The lowest BCUT2D eigenvalue weighted by atomic mass is 10.3. The molecule has 0 saturated heterocycles. The summed E-state index contributed by atoms with van der Waals surface area (Å²) >= 11 is 0.